The number of carbonyl (C=O) groups is 3. The number of fused-ring (bicyclic) bond motifs is 1. The van der Waals surface area contributed by atoms with Crippen LogP contribution in [0.1, 0.15) is 11.1 Å². The van der Waals surface area contributed by atoms with Crippen LogP contribution in [-0.2, 0) is 32.1 Å². The van der Waals surface area contributed by atoms with Crippen molar-refractivity contribution < 1.29 is 23.9 Å². The molecule has 2 saturated heterocycles. The van der Waals surface area contributed by atoms with Crippen molar-refractivity contribution in [2.45, 2.75) is 30.5 Å². The van der Waals surface area contributed by atoms with Crippen molar-refractivity contribution in [3.8, 4) is 5.75 Å². The van der Waals surface area contributed by atoms with Gasteiger partial charge < -0.3 is 19.7 Å². The summed E-state index contributed by atoms with van der Waals surface area (Å²) in [4.78, 5) is 39.5. The first kappa shape index (κ1) is 22.0. The van der Waals surface area contributed by atoms with Gasteiger partial charge in [-0.25, -0.2) is 4.79 Å². The van der Waals surface area contributed by atoms with Gasteiger partial charge in [-0.05, 0) is 28.8 Å². The molecular weight excluding hydrogens is 428 g/mol. The molecule has 0 saturated carbocycles. The first-order chi connectivity index (χ1) is 15.5. The van der Waals surface area contributed by atoms with Gasteiger partial charge in [-0.3, -0.25) is 9.59 Å². The number of nitrogens with zero attached hydrogens (tertiary/aromatic N) is 1. The molecule has 1 unspecified atom stereocenters. The average Bonchev–Trinajstić information content (AvgIpc) is 2.81. The van der Waals surface area contributed by atoms with Crippen molar-refractivity contribution in [1.82, 2.24) is 10.2 Å². The van der Waals surface area contributed by atoms with Gasteiger partial charge in [-0.15, -0.1) is 11.8 Å². The van der Waals surface area contributed by atoms with Gasteiger partial charge in [0.25, 0.3) is 0 Å². The molecule has 166 valence electrons. The second kappa shape index (κ2) is 9.48. The molecule has 2 fully saturated rings. The van der Waals surface area contributed by atoms with E-state index in [2.05, 4.69) is 11.9 Å². The fourth-order valence-electron chi connectivity index (χ4n) is 3.78. The summed E-state index contributed by atoms with van der Waals surface area (Å²) in [6.45, 7) is 4.06. The number of rotatable bonds is 7. The number of methoxy groups -OCH3 is 1. The number of amides is 2. The molecule has 2 amide bonds. The second-order valence-corrected chi connectivity index (χ2v) is 8.78. The van der Waals surface area contributed by atoms with Gasteiger partial charge in [-0.2, -0.15) is 0 Å². The smallest absolute Gasteiger partial charge is 0.333 e. The molecule has 8 heteroatoms. The lowest BCUT2D eigenvalue weighted by molar-refractivity contribution is -0.164. The maximum absolute atomic E-state index is 12.8. The Balaban J connectivity index is 1.36. The number of hydrogen-bond donors (Lipinski definition) is 1. The highest BCUT2D eigenvalue weighted by Gasteiger charge is 2.56. The first-order valence-electron chi connectivity index (χ1n) is 10.2. The molecule has 2 aromatic carbocycles. The van der Waals surface area contributed by atoms with Crippen LogP contribution in [0.15, 0.2) is 66.7 Å². The van der Waals surface area contributed by atoms with Crippen LogP contribution in [0.25, 0.3) is 0 Å². The minimum atomic E-state index is -0.839. The summed E-state index contributed by atoms with van der Waals surface area (Å²) in [5, 5.41) is 2.50. The monoisotopic (exact) mass is 452 g/mol. The summed E-state index contributed by atoms with van der Waals surface area (Å²) in [5.41, 5.74) is 2.30. The molecule has 3 atom stereocenters. The highest BCUT2D eigenvalue weighted by Crippen LogP contribution is 2.40. The second-order valence-electron chi connectivity index (χ2n) is 7.67. The lowest BCUT2D eigenvalue weighted by atomic mass is 9.98. The van der Waals surface area contributed by atoms with Crippen molar-refractivity contribution >= 4 is 29.5 Å². The van der Waals surface area contributed by atoms with E-state index in [0.29, 0.717) is 17.1 Å². The van der Waals surface area contributed by atoms with Gasteiger partial charge in [0.1, 0.15) is 23.8 Å². The van der Waals surface area contributed by atoms with E-state index in [-0.39, 0.29) is 30.2 Å². The number of carbonyl (C=O) groups excluding carboxylic acids is 3. The van der Waals surface area contributed by atoms with Crippen LogP contribution in [0.2, 0.25) is 0 Å². The maximum atomic E-state index is 12.8. The number of ether oxygens (including phenoxy) is 2. The highest BCUT2D eigenvalue weighted by molar-refractivity contribution is 8.00. The summed E-state index contributed by atoms with van der Waals surface area (Å²) in [5.74, 6) is 0.196. The van der Waals surface area contributed by atoms with Gasteiger partial charge in [-0.1, -0.05) is 49.0 Å². The minimum Gasteiger partial charge on any atom is -0.497 e. The number of esters is 1. The molecule has 2 heterocycles. The Bertz CT molecular complexity index is 1020. The summed E-state index contributed by atoms with van der Waals surface area (Å²) >= 11 is 1.49. The Kier molecular flexibility index (Phi) is 6.50. The minimum absolute atomic E-state index is 0.0870. The first-order valence-corrected chi connectivity index (χ1v) is 11.3. The van der Waals surface area contributed by atoms with E-state index in [4.69, 9.17) is 9.47 Å². The average molecular weight is 453 g/mol. The van der Waals surface area contributed by atoms with Crippen LogP contribution in [0.5, 0.6) is 5.75 Å². The number of thioether (sulfide) groups is 1. The zero-order chi connectivity index (χ0) is 22.7. The molecular formula is C24H24N2O5S. The molecule has 0 radical (unpaired) electrons. The maximum Gasteiger partial charge on any atom is 0.333 e. The van der Waals surface area contributed by atoms with Gasteiger partial charge >= 0.3 is 5.97 Å². The molecule has 7 nitrogen and oxygen atoms in total. The van der Waals surface area contributed by atoms with Crippen LogP contribution in [0.3, 0.4) is 0 Å². The Labute approximate surface area is 190 Å². The van der Waals surface area contributed by atoms with E-state index in [1.165, 1.54) is 16.7 Å². The predicted octanol–water partition coefficient (Wildman–Crippen LogP) is 2.31. The predicted molar refractivity (Wildman–Crippen MR) is 121 cm³/mol. The number of nitrogens with one attached hydrogen (secondary N) is 1. The van der Waals surface area contributed by atoms with E-state index in [1.54, 1.807) is 19.2 Å². The van der Waals surface area contributed by atoms with Gasteiger partial charge in [0.2, 0.25) is 11.8 Å². The Morgan fingerprint density at radius 2 is 1.84 bits per heavy atom. The zero-order valence-electron chi connectivity index (χ0n) is 17.7. The third-order valence-electron chi connectivity index (χ3n) is 5.47. The Hall–Kier alpha value is -3.26. The molecule has 2 aliphatic heterocycles. The fraction of sp³-hybridized carbons (Fsp3) is 0.292. The van der Waals surface area contributed by atoms with E-state index in [1.807, 2.05) is 42.5 Å². The molecule has 0 aliphatic carbocycles. The third kappa shape index (κ3) is 4.50. The SMILES string of the molecule is C=C1CS[C@H]2[C@H](NC(=O)Cc3ccccc3)C(=O)N2C1C(=O)OCc1ccc(OC)cc1. The van der Waals surface area contributed by atoms with Crippen molar-refractivity contribution in [3.63, 3.8) is 0 Å². The molecule has 0 bridgehead atoms. The van der Waals surface area contributed by atoms with Crippen molar-refractivity contribution in [2.75, 3.05) is 12.9 Å². The van der Waals surface area contributed by atoms with E-state index >= 15 is 0 Å². The quantitative estimate of drug-likeness (QED) is 0.394. The lowest BCUT2D eigenvalue weighted by Gasteiger charge is -2.52. The Morgan fingerprint density at radius 1 is 1.12 bits per heavy atom. The van der Waals surface area contributed by atoms with E-state index < -0.39 is 18.1 Å². The summed E-state index contributed by atoms with van der Waals surface area (Å²) in [6, 6.07) is 15.1. The lowest BCUT2D eigenvalue weighted by Crippen LogP contribution is -2.74. The largest absolute Gasteiger partial charge is 0.497 e. The molecule has 0 spiro atoms. The zero-order valence-corrected chi connectivity index (χ0v) is 18.5. The van der Waals surface area contributed by atoms with Crippen LogP contribution >= 0.6 is 11.8 Å². The number of benzene rings is 2. The van der Waals surface area contributed by atoms with Crippen LogP contribution in [0, 0.1) is 0 Å². The fourth-order valence-corrected chi connectivity index (χ4v) is 5.09. The highest BCUT2D eigenvalue weighted by atomic mass is 32.2. The van der Waals surface area contributed by atoms with Gasteiger partial charge in [0.05, 0.1) is 13.5 Å². The molecule has 1 N–H and O–H groups in total. The van der Waals surface area contributed by atoms with Gasteiger partial charge in [0, 0.05) is 5.75 Å². The molecule has 0 aromatic heterocycles. The summed E-state index contributed by atoms with van der Waals surface area (Å²) in [7, 11) is 1.58. The molecule has 2 aromatic rings. The van der Waals surface area contributed by atoms with Gasteiger partial charge in [0.15, 0.2) is 6.04 Å². The topological polar surface area (TPSA) is 84.9 Å². The van der Waals surface area contributed by atoms with E-state index in [0.717, 1.165) is 11.1 Å². The van der Waals surface area contributed by atoms with Crippen LogP contribution in [-0.4, -0.2) is 53.0 Å². The normalized spacial score (nSPS) is 21.9. The van der Waals surface area contributed by atoms with Crippen molar-refractivity contribution in [3.05, 3.63) is 77.9 Å². The summed E-state index contributed by atoms with van der Waals surface area (Å²) in [6.07, 6.45) is 0.196. The van der Waals surface area contributed by atoms with Crippen molar-refractivity contribution in [2.24, 2.45) is 0 Å². The van der Waals surface area contributed by atoms with Crippen LogP contribution < -0.4 is 10.1 Å². The molecule has 4 rings (SSSR count). The standard InChI is InChI=1S/C24H24N2O5S/c1-15-14-32-23-20(25-19(27)12-16-6-4-3-5-7-16)22(28)26(23)21(15)24(29)31-13-17-8-10-18(30-2)11-9-17/h3-11,20-21,23H,1,12-14H2,2H3,(H,25,27)/t20-,21?,23+/m1/s1. The molecule has 2 aliphatic rings. The Morgan fingerprint density at radius 3 is 2.53 bits per heavy atom. The van der Waals surface area contributed by atoms with Crippen molar-refractivity contribution in [1.29, 1.82) is 0 Å². The third-order valence-corrected chi connectivity index (χ3v) is 6.85. The van der Waals surface area contributed by atoms with E-state index in [9.17, 15) is 14.4 Å². The number of hydrogen-bond acceptors (Lipinski definition) is 6. The summed E-state index contributed by atoms with van der Waals surface area (Å²) < 4.78 is 10.6. The number of β-lactam (4-membered cyclic amide) rings is 1. The van der Waals surface area contributed by atoms with Crippen LogP contribution in [0.4, 0.5) is 0 Å². The molecule has 32 heavy (non-hydrogen) atoms.